The number of nitrogens with one attached hydrogen (secondary N) is 1. The van der Waals surface area contributed by atoms with Crippen molar-refractivity contribution in [2.24, 2.45) is 0 Å². The quantitative estimate of drug-likeness (QED) is 0.821. The highest BCUT2D eigenvalue weighted by atomic mass is 32.2. The Balaban J connectivity index is 2.07. The average Bonchev–Trinajstić information content (AvgIpc) is 2.58. The number of hydrogen-bond donors (Lipinski definition) is 1. The molecule has 1 N–H and O–H groups in total. The second kappa shape index (κ2) is 8.22. The largest absolute Gasteiger partial charge is 0.351 e. The first-order valence-corrected chi connectivity index (χ1v) is 9.65. The summed E-state index contributed by atoms with van der Waals surface area (Å²) in [4.78, 5) is 12.2. The van der Waals surface area contributed by atoms with Crippen LogP contribution in [0, 0.1) is 5.82 Å². The molecule has 0 aliphatic rings. The second-order valence-electron chi connectivity index (χ2n) is 5.76. The van der Waals surface area contributed by atoms with Gasteiger partial charge >= 0.3 is 0 Å². The molecule has 7 heteroatoms. The summed E-state index contributed by atoms with van der Waals surface area (Å²) in [6.45, 7) is 1.40. The first-order valence-electron chi connectivity index (χ1n) is 7.81. The fourth-order valence-electron chi connectivity index (χ4n) is 2.47. The maximum atomic E-state index is 13.6. The van der Waals surface area contributed by atoms with Crippen LogP contribution in [0.2, 0.25) is 0 Å². The fraction of sp³-hybridized carbons (Fsp3) is 0.278. The lowest BCUT2D eigenvalue weighted by Gasteiger charge is -2.26. The lowest BCUT2D eigenvalue weighted by atomic mass is 10.1. The van der Waals surface area contributed by atoms with E-state index in [1.165, 1.54) is 6.07 Å². The second-order valence-corrected chi connectivity index (χ2v) is 7.70. The van der Waals surface area contributed by atoms with Gasteiger partial charge in [-0.05, 0) is 18.6 Å². The number of carbonyl (C=O) groups excluding carboxylic acids is 1. The van der Waals surface area contributed by atoms with Crippen LogP contribution in [-0.2, 0) is 21.4 Å². The van der Waals surface area contributed by atoms with Gasteiger partial charge in [0.05, 0.1) is 12.8 Å². The van der Waals surface area contributed by atoms with Crippen molar-refractivity contribution in [3.05, 3.63) is 71.5 Å². The number of halogens is 1. The topological polar surface area (TPSA) is 66.5 Å². The van der Waals surface area contributed by atoms with Gasteiger partial charge < -0.3 is 5.32 Å². The van der Waals surface area contributed by atoms with E-state index in [1.807, 2.05) is 18.2 Å². The Hall–Kier alpha value is -2.25. The minimum absolute atomic E-state index is 0.00280. The molecule has 2 rings (SSSR count). The molecule has 0 aromatic heterocycles. The summed E-state index contributed by atoms with van der Waals surface area (Å²) < 4.78 is 38.9. The standard InChI is InChI=1S/C18H21FN2O3S/c1-14(15-8-4-3-5-9-15)21(25(2,23)24)13-18(22)20-12-16-10-6-7-11-17(16)19/h3-11,14H,12-13H2,1-2H3,(H,20,22). The lowest BCUT2D eigenvalue weighted by Crippen LogP contribution is -2.41. The highest BCUT2D eigenvalue weighted by Crippen LogP contribution is 2.22. The number of rotatable bonds is 7. The minimum atomic E-state index is -3.60. The Morgan fingerprint density at radius 2 is 1.72 bits per heavy atom. The van der Waals surface area contributed by atoms with Crippen molar-refractivity contribution in [2.75, 3.05) is 12.8 Å². The summed E-state index contributed by atoms with van der Waals surface area (Å²) in [5, 5.41) is 2.56. The summed E-state index contributed by atoms with van der Waals surface area (Å²) in [5.41, 5.74) is 1.13. The van der Waals surface area contributed by atoms with E-state index in [1.54, 1.807) is 37.3 Å². The maximum absolute atomic E-state index is 13.6. The maximum Gasteiger partial charge on any atom is 0.235 e. The van der Waals surface area contributed by atoms with E-state index < -0.39 is 27.8 Å². The van der Waals surface area contributed by atoms with Crippen molar-refractivity contribution >= 4 is 15.9 Å². The predicted molar refractivity (Wildman–Crippen MR) is 94.7 cm³/mol. The van der Waals surface area contributed by atoms with Crippen LogP contribution in [0.1, 0.15) is 24.1 Å². The van der Waals surface area contributed by atoms with Crippen LogP contribution < -0.4 is 5.32 Å². The molecule has 1 unspecified atom stereocenters. The molecule has 5 nitrogen and oxygen atoms in total. The average molecular weight is 364 g/mol. The summed E-state index contributed by atoms with van der Waals surface area (Å²) in [7, 11) is -3.60. The van der Waals surface area contributed by atoms with Crippen LogP contribution in [0.25, 0.3) is 0 Å². The molecule has 0 spiro atoms. The summed E-state index contributed by atoms with van der Waals surface area (Å²) >= 11 is 0. The molecule has 2 aromatic carbocycles. The summed E-state index contributed by atoms with van der Waals surface area (Å²) in [5.74, 6) is -0.906. The molecule has 0 saturated carbocycles. The monoisotopic (exact) mass is 364 g/mol. The molecule has 0 aliphatic carbocycles. The molecule has 0 bridgehead atoms. The van der Waals surface area contributed by atoms with Gasteiger partial charge in [0.25, 0.3) is 0 Å². The van der Waals surface area contributed by atoms with Gasteiger partial charge in [0, 0.05) is 18.2 Å². The van der Waals surface area contributed by atoms with Crippen LogP contribution in [0.4, 0.5) is 4.39 Å². The zero-order valence-electron chi connectivity index (χ0n) is 14.1. The van der Waals surface area contributed by atoms with E-state index in [2.05, 4.69) is 5.32 Å². The molecule has 1 amide bonds. The van der Waals surface area contributed by atoms with E-state index in [4.69, 9.17) is 0 Å². The molecule has 0 saturated heterocycles. The number of nitrogens with zero attached hydrogens (tertiary/aromatic N) is 1. The van der Waals surface area contributed by atoms with E-state index in [-0.39, 0.29) is 13.1 Å². The number of amides is 1. The van der Waals surface area contributed by atoms with Gasteiger partial charge in [-0.1, -0.05) is 48.5 Å². The molecular formula is C18H21FN2O3S. The van der Waals surface area contributed by atoms with Crippen molar-refractivity contribution in [3.8, 4) is 0 Å². The van der Waals surface area contributed by atoms with Gasteiger partial charge in [0.1, 0.15) is 5.82 Å². The molecular weight excluding hydrogens is 343 g/mol. The number of sulfonamides is 1. The Morgan fingerprint density at radius 1 is 1.12 bits per heavy atom. The van der Waals surface area contributed by atoms with Crippen molar-refractivity contribution in [1.29, 1.82) is 0 Å². The Bertz CT molecular complexity index is 825. The van der Waals surface area contributed by atoms with Crippen molar-refractivity contribution in [2.45, 2.75) is 19.5 Å². The van der Waals surface area contributed by atoms with E-state index in [0.717, 1.165) is 16.1 Å². The smallest absolute Gasteiger partial charge is 0.235 e. The van der Waals surface area contributed by atoms with Gasteiger partial charge in [0.2, 0.25) is 15.9 Å². The molecule has 0 aliphatic heterocycles. The highest BCUT2D eigenvalue weighted by Gasteiger charge is 2.26. The third kappa shape index (κ3) is 5.37. The van der Waals surface area contributed by atoms with E-state index in [9.17, 15) is 17.6 Å². The van der Waals surface area contributed by atoms with Crippen LogP contribution in [0.15, 0.2) is 54.6 Å². The van der Waals surface area contributed by atoms with Gasteiger partial charge in [-0.25, -0.2) is 12.8 Å². The van der Waals surface area contributed by atoms with Crippen LogP contribution in [0.5, 0.6) is 0 Å². The fourth-order valence-corrected chi connectivity index (χ4v) is 3.52. The van der Waals surface area contributed by atoms with E-state index >= 15 is 0 Å². The Kier molecular flexibility index (Phi) is 6.27. The number of carbonyl (C=O) groups is 1. The number of hydrogen-bond acceptors (Lipinski definition) is 3. The molecule has 134 valence electrons. The normalized spacial score (nSPS) is 12.8. The van der Waals surface area contributed by atoms with Gasteiger partial charge in [-0.2, -0.15) is 4.31 Å². The molecule has 2 aromatic rings. The number of benzene rings is 2. The summed E-state index contributed by atoms with van der Waals surface area (Å²) in [6, 6.07) is 14.7. The van der Waals surface area contributed by atoms with Crippen molar-refractivity contribution < 1.29 is 17.6 Å². The van der Waals surface area contributed by atoms with Gasteiger partial charge in [-0.3, -0.25) is 4.79 Å². The van der Waals surface area contributed by atoms with Crippen LogP contribution >= 0.6 is 0 Å². The van der Waals surface area contributed by atoms with Crippen molar-refractivity contribution in [1.82, 2.24) is 9.62 Å². The third-order valence-electron chi connectivity index (χ3n) is 3.87. The zero-order chi connectivity index (χ0) is 18.4. The zero-order valence-corrected chi connectivity index (χ0v) is 15.0. The van der Waals surface area contributed by atoms with Gasteiger partial charge in [0.15, 0.2) is 0 Å². The van der Waals surface area contributed by atoms with Crippen LogP contribution in [0.3, 0.4) is 0 Å². The first-order chi connectivity index (χ1) is 11.8. The third-order valence-corrected chi connectivity index (χ3v) is 5.17. The van der Waals surface area contributed by atoms with E-state index in [0.29, 0.717) is 5.56 Å². The molecule has 0 heterocycles. The van der Waals surface area contributed by atoms with Crippen LogP contribution in [-0.4, -0.2) is 31.4 Å². The predicted octanol–water partition coefficient (Wildman–Crippen LogP) is 2.46. The van der Waals surface area contributed by atoms with Gasteiger partial charge in [-0.15, -0.1) is 0 Å². The molecule has 25 heavy (non-hydrogen) atoms. The highest BCUT2D eigenvalue weighted by molar-refractivity contribution is 7.88. The molecule has 1 atom stereocenters. The molecule has 0 fully saturated rings. The Labute approximate surface area is 147 Å². The lowest BCUT2D eigenvalue weighted by molar-refractivity contribution is -0.121. The van der Waals surface area contributed by atoms with Crippen molar-refractivity contribution in [3.63, 3.8) is 0 Å². The SMILES string of the molecule is CC(c1ccccc1)N(CC(=O)NCc1ccccc1F)S(C)(=O)=O. The first kappa shape index (κ1) is 19.1. The minimum Gasteiger partial charge on any atom is -0.351 e. The molecule has 0 radical (unpaired) electrons. The Morgan fingerprint density at radius 3 is 2.32 bits per heavy atom. The summed E-state index contributed by atoms with van der Waals surface area (Å²) in [6.07, 6.45) is 1.07.